The maximum absolute atomic E-state index is 12.8. The number of amides is 1. The van der Waals surface area contributed by atoms with Crippen LogP contribution in [0.15, 0.2) is 47.2 Å². The molecule has 0 saturated carbocycles. The van der Waals surface area contributed by atoms with Gasteiger partial charge in [-0.05, 0) is 35.2 Å². The Kier molecular flexibility index (Phi) is 9.83. The van der Waals surface area contributed by atoms with Crippen molar-refractivity contribution in [2.75, 3.05) is 32.5 Å². The lowest BCUT2D eigenvalue weighted by Crippen LogP contribution is -2.50. The fourth-order valence-electron chi connectivity index (χ4n) is 3.81. The molecule has 192 valence electrons. The van der Waals surface area contributed by atoms with Gasteiger partial charge in [0.15, 0.2) is 0 Å². The molecule has 1 saturated heterocycles. The lowest BCUT2D eigenvalue weighted by molar-refractivity contribution is -0.119. The molecule has 3 heterocycles. The largest absolute Gasteiger partial charge is 0.465 e. The van der Waals surface area contributed by atoms with Crippen LogP contribution in [0.2, 0.25) is 5.02 Å². The summed E-state index contributed by atoms with van der Waals surface area (Å²) in [5.41, 5.74) is 2.79. The van der Waals surface area contributed by atoms with Crippen molar-refractivity contribution in [2.24, 2.45) is 0 Å². The lowest BCUT2D eigenvalue weighted by Gasteiger charge is -2.37. The number of nitrogens with zero attached hydrogens (tertiary/aromatic N) is 2. The van der Waals surface area contributed by atoms with Crippen LogP contribution in [0.5, 0.6) is 0 Å². The van der Waals surface area contributed by atoms with E-state index >= 15 is 0 Å². The van der Waals surface area contributed by atoms with Gasteiger partial charge in [0.2, 0.25) is 0 Å². The average Bonchev–Trinajstić information content (AvgIpc) is 3.55. The molecule has 1 aliphatic heterocycles. The van der Waals surface area contributed by atoms with Crippen molar-refractivity contribution in [1.82, 2.24) is 10.0 Å². The number of hydrazine groups is 1. The van der Waals surface area contributed by atoms with Crippen LogP contribution in [-0.2, 0) is 22.4 Å². The summed E-state index contributed by atoms with van der Waals surface area (Å²) < 4.78 is 4.76. The molecule has 3 aromatic rings. The normalized spacial score (nSPS) is 13.8. The standard InChI is InChI=1S/C27H25ClN2O4S3/c1-34-26(32)25-17-23(28)24(37-25)8-11-30-27(33)36-14-12-29(30)10-7-22(31)16-21-4-2-3-19(15-21)5-6-20-9-13-35-18-20/h2-4,9,13,15,17-18H,7-8,10-12,14,16H2,1H3. The third-order valence-electron chi connectivity index (χ3n) is 5.67. The number of hydrogen-bond acceptors (Lipinski definition) is 8. The fourth-order valence-corrected chi connectivity index (χ4v) is 6.57. The monoisotopic (exact) mass is 572 g/mol. The summed E-state index contributed by atoms with van der Waals surface area (Å²) in [6.45, 7) is 1.57. The van der Waals surface area contributed by atoms with Crippen LogP contribution in [0.3, 0.4) is 0 Å². The smallest absolute Gasteiger partial charge is 0.348 e. The van der Waals surface area contributed by atoms with Gasteiger partial charge in [-0.1, -0.05) is 47.3 Å². The molecule has 1 aromatic carbocycles. The molecule has 1 aliphatic rings. The fraction of sp³-hybridized carbons (Fsp3) is 0.296. The molecular formula is C27H25ClN2O4S3. The molecule has 1 amide bonds. The van der Waals surface area contributed by atoms with E-state index in [9.17, 15) is 14.4 Å². The summed E-state index contributed by atoms with van der Waals surface area (Å²) in [5.74, 6) is 6.65. The summed E-state index contributed by atoms with van der Waals surface area (Å²) in [6.07, 6.45) is 1.17. The maximum Gasteiger partial charge on any atom is 0.348 e. The molecule has 0 spiro atoms. The second-order valence-electron chi connectivity index (χ2n) is 8.24. The third kappa shape index (κ3) is 7.69. The van der Waals surface area contributed by atoms with E-state index in [2.05, 4.69) is 11.8 Å². The van der Waals surface area contributed by atoms with E-state index in [0.717, 1.165) is 21.6 Å². The molecule has 0 N–H and O–H groups in total. The highest BCUT2D eigenvalue weighted by Gasteiger charge is 2.27. The van der Waals surface area contributed by atoms with Crippen molar-refractivity contribution in [1.29, 1.82) is 0 Å². The number of ether oxygens (including phenoxy) is 1. The minimum atomic E-state index is -0.428. The van der Waals surface area contributed by atoms with Gasteiger partial charge in [-0.2, -0.15) is 11.3 Å². The van der Waals surface area contributed by atoms with Gasteiger partial charge in [0.1, 0.15) is 10.7 Å². The van der Waals surface area contributed by atoms with Crippen molar-refractivity contribution < 1.29 is 19.1 Å². The molecule has 0 unspecified atom stereocenters. The minimum Gasteiger partial charge on any atom is -0.465 e. The Hall–Kier alpha value is -2.61. The first-order chi connectivity index (χ1) is 17.9. The first-order valence-corrected chi connectivity index (χ1v) is 14.8. The second-order valence-corrected chi connectivity index (χ2v) is 11.6. The van der Waals surface area contributed by atoms with Gasteiger partial charge in [0.25, 0.3) is 5.24 Å². The van der Waals surface area contributed by atoms with Crippen LogP contribution in [0.25, 0.3) is 0 Å². The Morgan fingerprint density at radius 3 is 2.76 bits per heavy atom. The molecular weight excluding hydrogens is 548 g/mol. The van der Waals surface area contributed by atoms with Gasteiger partial charge >= 0.3 is 5.97 Å². The molecule has 6 nitrogen and oxygen atoms in total. The Balaban J connectivity index is 1.32. The second kappa shape index (κ2) is 13.3. The van der Waals surface area contributed by atoms with Crippen LogP contribution in [-0.4, -0.2) is 59.5 Å². The Labute approximate surface area is 233 Å². The van der Waals surface area contributed by atoms with Crippen molar-refractivity contribution in [2.45, 2.75) is 19.3 Å². The first kappa shape index (κ1) is 27.4. The number of rotatable bonds is 9. The highest BCUT2D eigenvalue weighted by molar-refractivity contribution is 8.13. The summed E-state index contributed by atoms with van der Waals surface area (Å²) in [7, 11) is 1.33. The van der Waals surface area contributed by atoms with Crippen LogP contribution in [0, 0.1) is 11.8 Å². The molecule has 37 heavy (non-hydrogen) atoms. The number of hydrogen-bond donors (Lipinski definition) is 0. The zero-order chi connectivity index (χ0) is 26.2. The van der Waals surface area contributed by atoms with Gasteiger partial charge in [-0.25, -0.2) is 9.80 Å². The van der Waals surface area contributed by atoms with Crippen molar-refractivity contribution in [3.63, 3.8) is 0 Å². The molecule has 2 aromatic heterocycles. The molecule has 0 aliphatic carbocycles. The number of esters is 1. The number of halogens is 1. The van der Waals surface area contributed by atoms with Crippen molar-refractivity contribution >= 4 is 63.0 Å². The average molecular weight is 573 g/mol. The van der Waals surface area contributed by atoms with Crippen molar-refractivity contribution in [3.8, 4) is 11.8 Å². The van der Waals surface area contributed by atoms with Crippen molar-refractivity contribution in [3.05, 3.63) is 78.6 Å². The van der Waals surface area contributed by atoms with Gasteiger partial charge in [-0.3, -0.25) is 14.6 Å². The maximum atomic E-state index is 12.8. The third-order valence-corrected chi connectivity index (χ3v) is 8.82. The van der Waals surface area contributed by atoms with E-state index in [1.165, 1.54) is 30.2 Å². The molecule has 0 atom stereocenters. The Morgan fingerprint density at radius 1 is 1.14 bits per heavy atom. The molecule has 1 fully saturated rings. The number of thioether (sulfide) groups is 1. The highest BCUT2D eigenvalue weighted by atomic mass is 35.5. The number of ketones is 1. The Bertz CT molecular complexity index is 1330. The molecule has 4 rings (SSSR count). The van der Waals surface area contributed by atoms with E-state index < -0.39 is 5.97 Å². The van der Waals surface area contributed by atoms with E-state index in [1.54, 1.807) is 22.4 Å². The SMILES string of the molecule is COC(=O)c1cc(Cl)c(CCN2C(=O)SCCN2CCC(=O)Cc2cccc(C#Cc3ccsc3)c2)s1. The molecule has 0 radical (unpaired) electrons. The number of methoxy groups -OCH3 is 1. The quantitative estimate of drug-likeness (QED) is 0.239. The summed E-state index contributed by atoms with van der Waals surface area (Å²) in [5, 5.41) is 8.08. The first-order valence-electron chi connectivity index (χ1n) is 11.6. The number of carbonyl (C=O) groups is 3. The summed E-state index contributed by atoms with van der Waals surface area (Å²) >= 11 is 10.5. The zero-order valence-corrected chi connectivity index (χ0v) is 23.4. The highest BCUT2D eigenvalue weighted by Crippen LogP contribution is 2.29. The topological polar surface area (TPSA) is 66.9 Å². The zero-order valence-electron chi connectivity index (χ0n) is 20.2. The number of Topliss-reactive ketones (excluding diaryl/α,β-unsaturated/α-hetero) is 1. The van der Waals surface area contributed by atoms with E-state index in [4.69, 9.17) is 16.3 Å². The molecule has 0 bridgehead atoms. The van der Waals surface area contributed by atoms with Crippen LogP contribution in [0.4, 0.5) is 4.79 Å². The minimum absolute atomic E-state index is 0.0449. The van der Waals surface area contributed by atoms with Crippen LogP contribution >= 0.6 is 46.0 Å². The molecule has 10 heteroatoms. The number of carbonyl (C=O) groups excluding carboxylic acids is 3. The predicted molar refractivity (Wildman–Crippen MR) is 151 cm³/mol. The summed E-state index contributed by atoms with van der Waals surface area (Å²) in [4.78, 5) is 38.5. The lowest BCUT2D eigenvalue weighted by atomic mass is 10.0. The van der Waals surface area contributed by atoms with Gasteiger partial charge in [-0.15, -0.1) is 11.3 Å². The Morgan fingerprint density at radius 2 is 1.97 bits per heavy atom. The van der Waals surface area contributed by atoms with E-state index in [-0.39, 0.29) is 11.0 Å². The predicted octanol–water partition coefficient (Wildman–Crippen LogP) is 5.78. The van der Waals surface area contributed by atoms with Gasteiger partial charge < -0.3 is 4.74 Å². The number of benzene rings is 1. The van der Waals surface area contributed by atoms with Crippen LogP contribution in [0.1, 0.15) is 37.7 Å². The van der Waals surface area contributed by atoms with Gasteiger partial charge in [0, 0.05) is 66.0 Å². The van der Waals surface area contributed by atoms with Crippen LogP contribution < -0.4 is 0 Å². The summed E-state index contributed by atoms with van der Waals surface area (Å²) in [6, 6.07) is 11.3. The van der Waals surface area contributed by atoms with Gasteiger partial charge in [0.05, 0.1) is 12.1 Å². The van der Waals surface area contributed by atoms with E-state index in [1.807, 2.05) is 46.1 Å². The van der Waals surface area contributed by atoms with E-state index in [0.29, 0.717) is 54.5 Å². The number of thiophene rings is 2.